The molecule has 0 bridgehead atoms. The third kappa shape index (κ3) is 2.49. The Hall–Kier alpha value is 0.480. The molecule has 1 unspecified atom stereocenters. The van der Waals surface area contributed by atoms with Crippen molar-refractivity contribution < 1.29 is 0 Å². The Morgan fingerprint density at radius 1 is 1.15 bits per heavy atom. The van der Waals surface area contributed by atoms with Gasteiger partial charge in [0.2, 0.25) is 0 Å². The highest BCUT2D eigenvalue weighted by Crippen LogP contribution is 2.45. The zero-order chi connectivity index (χ0) is 9.73. The molecular weight excluding hydrogens is 224 g/mol. The van der Waals surface area contributed by atoms with Crippen molar-refractivity contribution in [3.05, 3.63) is 0 Å². The molecule has 0 aromatic carbocycles. The van der Waals surface area contributed by atoms with E-state index in [2.05, 4.69) is 29.8 Å². The van der Waals surface area contributed by atoms with E-state index < -0.39 is 0 Å². The number of halogens is 1. The minimum Gasteiger partial charge on any atom is -0.0925 e. The lowest BCUT2D eigenvalue weighted by molar-refractivity contribution is 0.148. The molecule has 1 heteroatoms. The monoisotopic (exact) mass is 246 g/mol. The molecule has 0 saturated heterocycles. The second kappa shape index (κ2) is 5.38. The van der Waals surface area contributed by atoms with Crippen LogP contribution in [-0.4, -0.2) is 5.33 Å². The summed E-state index contributed by atoms with van der Waals surface area (Å²) in [6.45, 7) is 4.76. The van der Waals surface area contributed by atoms with E-state index in [1.807, 2.05) is 0 Å². The Labute approximate surface area is 91.6 Å². The lowest BCUT2D eigenvalue weighted by Gasteiger charge is -2.37. The molecule has 0 N–H and O–H groups in total. The number of rotatable bonds is 3. The van der Waals surface area contributed by atoms with Gasteiger partial charge in [-0.15, -0.1) is 0 Å². The number of alkyl halides is 1. The van der Waals surface area contributed by atoms with Crippen molar-refractivity contribution in [2.45, 2.75) is 58.8 Å². The highest BCUT2D eigenvalue weighted by molar-refractivity contribution is 9.09. The van der Waals surface area contributed by atoms with E-state index >= 15 is 0 Å². The molecule has 0 amide bonds. The predicted octanol–water partition coefficient (Wildman–Crippen LogP) is 4.77. The summed E-state index contributed by atoms with van der Waals surface area (Å²) < 4.78 is 0. The molecule has 0 nitrogen and oxygen atoms in total. The molecule has 1 aliphatic rings. The van der Waals surface area contributed by atoms with E-state index in [-0.39, 0.29) is 0 Å². The van der Waals surface area contributed by atoms with E-state index in [1.165, 1.54) is 50.3 Å². The van der Waals surface area contributed by atoms with E-state index in [4.69, 9.17) is 0 Å². The summed E-state index contributed by atoms with van der Waals surface area (Å²) in [6.07, 6.45) is 10.1. The van der Waals surface area contributed by atoms with Crippen molar-refractivity contribution in [3.63, 3.8) is 0 Å². The smallest absolute Gasteiger partial charge is 0.00649 e. The lowest BCUT2D eigenvalue weighted by Crippen LogP contribution is -2.29. The third-order valence-corrected chi connectivity index (χ3v) is 4.97. The maximum Gasteiger partial charge on any atom is 0.00649 e. The highest BCUT2D eigenvalue weighted by Gasteiger charge is 2.35. The van der Waals surface area contributed by atoms with Crippen molar-refractivity contribution in [2.75, 3.05) is 5.33 Å². The van der Waals surface area contributed by atoms with Gasteiger partial charge < -0.3 is 0 Å². The van der Waals surface area contributed by atoms with Gasteiger partial charge in [-0.2, -0.15) is 0 Å². The molecule has 1 rings (SSSR count). The average molecular weight is 247 g/mol. The summed E-state index contributed by atoms with van der Waals surface area (Å²) in [5, 5.41) is 1.22. The normalized spacial score (nSPS) is 28.4. The molecule has 0 aromatic heterocycles. The summed E-state index contributed by atoms with van der Waals surface area (Å²) in [5.74, 6) is 0.935. The first kappa shape index (κ1) is 11.6. The first-order chi connectivity index (χ1) is 6.29. The summed E-state index contributed by atoms with van der Waals surface area (Å²) in [5.41, 5.74) is 0.667. The Bertz CT molecular complexity index is 138. The fraction of sp³-hybridized carbons (Fsp3) is 1.00. The van der Waals surface area contributed by atoms with E-state index in [1.54, 1.807) is 0 Å². The standard InChI is InChI=1S/C12H23Br/c1-3-12(4-2)9-7-5-6-8-11(12)10-13/h11H,3-10H2,1-2H3. The molecule has 0 aromatic rings. The van der Waals surface area contributed by atoms with Crippen LogP contribution in [0.15, 0.2) is 0 Å². The van der Waals surface area contributed by atoms with Crippen LogP contribution in [0.5, 0.6) is 0 Å². The third-order valence-electron chi connectivity index (χ3n) is 4.19. The van der Waals surface area contributed by atoms with Crippen LogP contribution in [0, 0.1) is 11.3 Å². The van der Waals surface area contributed by atoms with Crippen molar-refractivity contribution in [1.29, 1.82) is 0 Å². The van der Waals surface area contributed by atoms with Crippen LogP contribution >= 0.6 is 15.9 Å². The first-order valence-electron chi connectivity index (χ1n) is 5.85. The second-order valence-electron chi connectivity index (χ2n) is 4.52. The lowest BCUT2D eigenvalue weighted by atomic mass is 9.69. The zero-order valence-corrected chi connectivity index (χ0v) is 10.7. The average Bonchev–Trinajstić information content (AvgIpc) is 2.39. The van der Waals surface area contributed by atoms with Crippen LogP contribution in [0.3, 0.4) is 0 Å². The Balaban J connectivity index is 2.72. The predicted molar refractivity (Wildman–Crippen MR) is 63.4 cm³/mol. The van der Waals surface area contributed by atoms with Gasteiger partial charge in [-0.05, 0) is 24.2 Å². The Kier molecular flexibility index (Phi) is 4.78. The minimum absolute atomic E-state index is 0.667. The Morgan fingerprint density at radius 3 is 2.38 bits per heavy atom. The minimum atomic E-state index is 0.667. The topological polar surface area (TPSA) is 0 Å². The summed E-state index contributed by atoms with van der Waals surface area (Å²) in [6, 6.07) is 0. The van der Waals surface area contributed by atoms with Crippen LogP contribution in [0.1, 0.15) is 58.8 Å². The molecule has 78 valence electrons. The summed E-state index contributed by atoms with van der Waals surface area (Å²) >= 11 is 3.70. The molecule has 0 aliphatic heterocycles. The van der Waals surface area contributed by atoms with Gasteiger partial charge in [0, 0.05) is 5.33 Å². The van der Waals surface area contributed by atoms with Gasteiger partial charge in [0.15, 0.2) is 0 Å². The summed E-state index contributed by atoms with van der Waals surface area (Å²) in [4.78, 5) is 0. The fourth-order valence-corrected chi connectivity index (χ4v) is 3.99. The molecule has 0 radical (unpaired) electrons. The molecule has 1 saturated carbocycles. The van der Waals surface area contributed by atoms with Crippen LogP contribution in [0.4, 0.5) is 0 Å². The highest BCUT2D eigenvalue weighted by atomic mass is 79.9. The van der Waals surface area contributed by atoms with Crippen molar-refractivity contribution in [2.24, 2.45) is 11.3 Å². The fourth-order valence-electron chi connectivity index (χ4n) is 2.98. The van der Waals surface area contributed by atoms with Gasteiger partial charge >= 0.3 is 0 Å². The molecule has 0 heterocycles. The summed E-state index contributed by atoms with van der Waals surface area (Å²) in [7, 11) is 0. The zero-order valence-electron chi connectivity index (χ0n) is 9.11. The van der Waals surface area contributed by atoms with Crippen molar-refractivity contribution >= 4 is 15.9 Å². The molecule has 0 spiro atoms. The van der Waals surface area contributed by atoms with Gasteiger partial charge in [-0.25, -0.2) is 0 Å². The van der Waals surface area contributed by atoms with Gasteiger partial charge in [-0.1, -0.05) is 61.9 Å². The molecule has 1 atom stereocenters. The van der Waals surface area contributed by atoms with Gasteiger partial charge in [0.05, 0.1) is 0 Å². The Morgan fingerprint density at radius 2 is 1.85 bits per heavy atom. The molecule has 1 fully saturated rings. The maximum absolute atomic E-state index is 3.70. The van der Waals surface area contributed by atoms with Gasteiger partial charge in [-0.3, -0.25) is 0 Å². The van der Waals surface area contributed by atoms with E-state index in [0.29, 0.717) is 5.41 Å². The van der Waals surface area contributed by atoms with Crippen LogP contribution < -0.4 is 0 Å². The number of hydrogen-bond acceptors (Lipinski definition) is 0. The van der Waals surface area contributed by atoms with Crippen LogP contribution in [0.25, 0.3) is 0 Å². The van der Waals surface area contributed by atoms with E-state index in [9.17, 15) is 0 Å². The van der Waals surface area contributed by atoms with Crippen LogP contribution in [0.2, 0.25) is 0 Å². The van der Waals surface area contributed by atoms with Crippen LogP contribution in [-0.2, 0) is 0 Å². The molecular formula is C12H23Br. The van der Waals surface area contributed by atoms with E-state index in [0.717, 1.165) is 5.92 Å². The van der Waals surface area contributed by atoms with Crippen molar-refractivity contribution in [1.82, 2.24) is 0 Å². The largest absolute Gasteiger partial charge is 0.0925 e. The molecule has 1 aliphatic carbocycles. The first-order valence-corrected chi connectivity index (χ1v) is 6.97. The maximum atomic E-state index is 3.70. The van der Waals surface area contributed by atoms with Gasteiger partial charge in [0.1, 0.15) is 0 Å². The number of hydrogen-bond donors (Lipinski definition) is 0. The SMILES string of the molecule is CCC1(CC)CCCCCC1CBr. The molecule has 13 heavy (non-hydrogen) atoms. The quantitative estimate of drug-likeness (QED) is 0.498. The second-order valence-corrected chi connectivity index (χ2v) is 5.17. The van der Waals surface area contributed by atoms with Gasteiger partial charge in [0.25, 0.3) is 0 Å². The van der Waals surface area contributed by atoms with Crippen molar-refractivity contribution in [3.8, 4) is 0 Å².